The first-order valence-corrected chi connectivity index (χ1v) is 9.60. The van der Waals surface area contributed by atoms with Crippen LogP contribution in [0.2, 0.25) is 0 Å². The fourth-order valence-corrected chi connectivity index (χ4v) is 4.25. The number of amides is 1. The number of carbonyl (C=O) groups excluding carboxylic acids is 1. The molecule has 0 radical (unpaired) electrons. The molecule has 3 aliphatic rings. The van der Waals surface area contributed by atoms with E-state index in [-0.39, 0.29) is 5.54 Å². The number of likely N-dealkylation sites (tertiary alicyclic amines) is 1. The Kier molecular flexibility index (Phi) is 4.40. The molecule has 1 aromatic heterocycles. The smallest absolute Gasteiger partial charge is 0.222 e. The van der Waals surface area contributed by atoms with Crippen LogP contribution in [0.15, 0.2) is 12.1 Å². The SMILES string of the molecule is Cc1ccc(N2CCN(C)C3(CCC(=O)N(CC4CC4)CC3)C2)nn1. The summed E-state index contributed by atoms with van der Waals surface area (Å²) in [5.41, 5.74) is 1.02. The lowest BCUT2D eigenvalue weighted by atomic mass is 9.86. The molecular formula is C19H29N5O. The highest BCUT2D eigenvalue weighted by molar-refractivity contribution is 5.76. The zero-order chi connectivity index (χ0) is 17.4. The minimum atomic E-state index is 0.0682. The molecular weight excluding hydrogens is 314 g/mol. The van der Waals surface area contributed by atoms with E-state index in [1.54, 1.807) is 0 Å². The Morgan fingerprint density at radius 2 is 2.00 bits per heavy atom. The number of likely N-dealkylation sites (N-methyl/N-ethyl adjacent to an activating group) is 1. The van der Waals surface area contributed by atoms with E-state index in [0.717, 1.165) is 63.0 Å². The van der Waals surface area contributed by atoms with Crippen LogP contribution in [0.3, 0.4) is 0 Å². The number of piperazine rings is 1. The zero-order valence-corrected chi connectivity index (χ0v) is 15.4. The van der Waals surface area contributed by atoms with Crippen molar-refractivity contribution in [3.05, 3.63) is 17.8 Å². The normalized spacial score (nSPS) is 28.5. The van der Waals surface area contributed by atoms with E-state index in [1.807, 2.05) is 13.0 Å². The van der Waals surface area contributed by atoms with Crippen molar-refractivity contribution in [3.63, 3.8) is 0 Å². The Morgan fingerprint density at radius 3 is 2.72 bits per heavy atom. The minimum absolute atomic E-state index is 0.0682. The summed E-state index contributed by atoms with van der Waals surface area (Å²) in [7, 11) is 2.22. The number of hydrogen-bond acceptors (Lipinski definition) is 5. The molecule has 1 unspecified atom stereocenters. The second-order valence-corrected chi connectivity index (χ2v) is 8.13. The van der Waals surface area contributed by atoms with Crippen LogP contribution in [0.5, 0.6) is 0 Å². The Hall–Kier alpha value is -1.69. The molecule has 6 nitrogen and oxygen atoms in total. The Morgan fingerprint density at radius 1 is 1.16 bits per heavy atom. The highest BCUT2D eigenvalue weighted by atomic mass is 16.2. The van der Waals surface area contributed by atoms with Gasteiger partial charge in [-0.2, -0.15) is 5.10 Å². The van der Waals surface area contributed by atoms with E-state index >= 15 is 0 Å². The summed E-state index contributed by atoms with van der Waals surface area (Å²) in [5, 5.41) is 8.61. The summed E-state index contributed by atoms with van der Waals surface area (Å²) >= 11 is 0. The molecule has 2 saturated heterocycles. The third-order valence-corrected chi connectivity index (χ3v) is 6.29. The number of hydrogen-bond donors (Lipinski definition) is 0. The molecule has 6 heteroatoms. The molecule has 0 bridgehead atoms. The molecule has 2 aliphatic heterocycles. The molecule has 1 spiro atoms. The summed E-state index contributed by atoms with van der Waals surface area (Å²) in [6, 6.07) is 4.10. The lowest BCUT2D eigenvalue weighted by molar-refractivity contribution is -0.130. The van der Waals surface area contributed by atoms with Crippen molar-refractivity contribution in [1.82, 2.24) is 20.0 Å². The molecule has 0 aromatic carbocycles. The van der Waals surface area contributed by atoms with Gasteiger partial charge in [0.15, 0.2) is 5.82 Å². The number of carbonyl (C=O) groups is 1. The number of nitrogens with zero attached hydrogens (tertiary/aromatic N) is 5. The lowest BCUT2D eigenvalue weighted by Crippen LogP contribution is -2.61. The molecule has 25 heavy (non-hydrogen) atoms. The fraction of sp³-hybridized carbons (Fsp3) is 0.737. The molecule has 1 atom stereocenters. The summed E-state index contributed by atoms with van der Waals surface area (Å²) in [5.74, 6) is 2.08. The van der Waals surface area contributed by atoms with Gasteiger partial charge in [0.05, 0.1) is 5.69 Å². The summed E-state index contributed by atoms with van der Waals surface area (Å²) in [6.45, 7) is 6.75. The quantitative estimate of drug-likeness (QED) is 0.836. The molecule has 1 aromatic rings. The number of anilines is 1. The Balaban J connectivity index is 1.50. The third-order valence-electron chi connectivity index (χ3n) is 6.29. The molecule has 1 aliphatic carbocycles. The van der Waals surface area contributed by atoms with E-state index in [1.165, 1.54) is 12.8 Å². The molecule has 0 N–H and O–H groups in total. The first kappa shape index (κ1) is 16.8. The fourth-order valence-electron chi connectivity index (χ4n) is 4.25. The Labute approximate surface area is 150 Å². The van der Waals surface area contributed by atoms with E-state index < -0.39 is 0 Å². The van der Waals surface area contributed by atoms with E-state index in [2.05, 4.69) is 38.0 Å². The highest BCUT2D eigenvalue weighted by Gasteiger charge is 2.43. The topological polar surface area (TPSA) is 52.6 Å². The van der Waals surface area contributed by atoms with Crippen LogP contribution in [0.4, 0.5) is 5.82 Å². The van der Waals surface area contributed by atoms with Crippen molar-refractivity contribution >= 4 is 11.7 Å². The van der Waals surface area contributed by atoms with Gasteiger partial charge in [-0.1, -0.05) is 0 Å². The van der Waals surface area contributed by atoms with Crippen LogP contribution in [0, 0.1) is 12.8 Å². The summed E-state index contributed by atoms with van der Waals surface area (Å²) < 4.78 is 0. The van der Waals surface area contributed by atoms with E-state index in [0.29, 0.717) is 12.3 Å². The molecule has 1 amide bonds. The molecule has 3 fully saturated rings. The second kappa shape index (κ2) is 6.56. The predicted molar refractivity (Wildman–Crippen MR) is 97.5 cm³/mol. The zero-order valence-electron chi connectivity index (χ0n) is 15.4. The maximum Gasteiger partial charge on any atom is 0.222 e. The summed E-state index contributed by atoms with van der Waals surface area (Å²) in [4.78, 5) is 19.5. The van der Waals surface area contributed by atoms with Crippen molar-refractivity contribution in [3.8, 4) is 0 Å². The predicted octanol–water partition coefficient (Wildman–Crippen LogP) is 1.70. The first-order chi connectivity index (χ1) is 12.1. The molecule has 1 saturated carbocycles. The standard InChI is InChI=1S/C19H29N5O/c1-15-3-6-17(21-20-15)24-12-11-22(2)19(14-24)8-7-18(25)23(10-9-19)13-16-4-5-16/h3,6,16H,4-5,7-14H2,1-2H3. The molecule has 3 heterocycles. The number of aryl methyl sites for hydroxylation is 1. The van der Waals surface area contributed by atoms with Crippen LogP contribution in [0.25, 0.3) is 0 Å². The van der Waals surface area contributed by atoms with Crippen LogP contribution in [-0.2, 0) is 4.79 Å². The van der Waals surface area contributed by atoms with E-state index in [4.69, 9.17) is 0 Å². The van der Waals surface area contributed by atoms with Gasteiger partial charge >= 0.3 is 0 Å². The summed E-state index contributed by atoms with van der Waals surface area (Å²) in [6.07, 6.45) is 5.27. The van der Waals surface area contributed by atoms with Gasteiger partial charge in [0, 0.05) is 44.7 Å². The number of aromatic nitrogens is 2. The first-order valence-electron chi connectivity index (χ1n) is 9.60. The van der Waals surface area contributed by atoms with Crippen molar-refractivity contribution < 1.29 is 4.79 Å². The average molecular weight is 343 g/mol. The Bertz CT molecular complexity index is 629. The minimum Gasteiger partial charge on any atom is -0.352 e. The van der Waals surface area contributed by atoms with Gasteiger partial charge in [0.2, 0.25) is 5.91 Å². The largest absolute Gasteiger partial charge is 0.352 e. The van der Waals surface area contributed by atoms with Gasteiger partial charge in [0.1, 0.15) is 0 Å². The van der Waals surface area contributed by atoms with Gasteiger partial charge in [-0.3, -0.25) is 9.69 Å². The average Bonchev–Trinajstić information content (AvgIpc) is 3.44. The van der Waals surface area contributed by atoms with Gasteiger partial charge in [-0.05, 0) is 57.7 Å². The highest BCUT2D eigenvalue weighted by Crippen LogP contribution is 2.35. The van der Waals surface area contributed by atoms with Crippen LogP contribution in [0.1, 0.15) is 37.8 Å². The molecule has 4 rings (SSSR count). The van der Waals surface area contributed by atoms with Gasteiger partial charge in [-0.25, -0.2) is 0 Å². The van der Waals surface area contributed by atoms with Crippen molar-refractivity contribution in [1.29, 1.82) is 0 Å². The maximum absolute atomic E-state index is 12.6. The monoisotopic (exact) mass is 343 g/mol. The van der Waals surface area contributed by atoms with Crippen LogP contribution in [-0.4, -0.2) is 71.2 Å². The van der Waals surface area contributed by atoms with Crippen molar-refractivity contribution in [2.24, 2.45) is 5.92 Å². The lowest BCUT2D eigenvalue weighted by Gasteiger charge is -2.49. The van der Waals surface area contributed by atoms with Crippen LogP contribution >= 0.6 is 0 Å². The number of rotatable bonds is 3. The third kappa shape index (κ3) is 3.50. The van der Waals surface area contributed by atoms with Crippen molar-refractivity contribution in [2.75, 3.05) is 44.7 Å². The van der Waals surface area contributed by atoms with E-state index in [9.17, 15) is 4.79 Å². The van der Waals surface area contributed by atoms with Gasteiger partial charge in [0.25, 0.3) is 0 Å². The van der Waals surface area contributed by atoms with Crippen molar-refractivity contribution in [2.45, 2.75) is 44.6 Å². The maximum atomic E-state index is 12.6. The van der Waals surface area contributed by atoms with Gasteiger partial charge in [-0.15, -0.1) is 5.10 Å². The van der Waals surface area contributed by atoms with Gasteiger partial charge < -0.3 is 9.80 Å². The van der Waals surface area contributed by atoms with Crippen LogP contribution < -0.4 is 4.90 Å². The molecule has 136 valence electrons. The second-order valence-electron chi connectivity index (χ2n) is 8.13.